The summed E-state index contributed by atoms with van der Waals surface area (Å²) in [6.45, 7) is 0.503. The predicted molar refractivity (Wildman–Crippen MR) is 115 cm³/mol. The smallest absolute Gasteiger partial charge is 0.337 e. The van der Waals surface area contributed by atoms with Crippen molar-refractivity contribution < 1.29 is 22.7 Å². The number of nitrogens with zero attached hydrogens (tertiary/aromatic N) is 1. The van der Waals surface area contributed by atoms with Gasteiger partial charge in [0.25, 0.3) is 0 Å². The van der Waals surface area contributed by atoms with Crippen LogP contribution in [0.25, 0.3) is 0 Å². The van der Waals surface area contributed by atoms with Crippen molar-refractivity contribution in [1.82, 2.24) is 4.31 Å². The number of sulfonamides is 1. The average molecular weight is 451 g/mol. The Kier molecular flexibility index (Phi) is 7.12. The molecule has 1 aliphatic rings. The molecular formula is C21H23ClN2O5S. The zero-order valence-corrected chi connectivity index (χ0v) is 18.1. The Bertz CT molecular complexity index is 1020. The number of methoxy groups -OCH3 is 1. The number of benzene rings is 2. The lowest BCUT2D eigenvalue weighted by atomic mass is 9.98. The number of anilines is 1. The maximum Gasteiger partial charge on any atom is 0.337 e. The first-order chi connectivity index (χ1) is 14.3. The van der Waals surface area contributed by atoms with E-state index < -0.39 is 21.9 Å². The Hall–Kier alpha value is -2.42. The van der Waals surface area contributed by atoms with E-state index in [1.54, 1.807) is 48.5 Å². The van der Waals surface area contributed by atoms with Crippen molar-refractivity contribution in [2.24, 2.45) is 5.92 Å². The second kappa shape index (κ2) is 9.59. The van der Waals surface area contributed by atoms with Crippen LogP contribution in [0.2, 0.25) is 5.02 Å². The molecule has 9 heteroatoms. The summed E-state index contributed by atoms with van der Waals surface area (Å²) in [6.07, 6.45) is 1.20. The monoisotopic (exact) mass is 450 g/mol. The second-order valence-corrected chi connectivity index (χ2v) is 9.48. The third-order valence-electron chi connectivity index (χ3n) is 5.02. The van der Waals surface area contributed by atoms with Gasteiger partial charge in [0.1, 0.15) is 0 Å². The first-order valence-corrected chi connectivity index (χ1v) is 11.5. The van der Waals surface area contributed by atoms with Gasteiger partial charge in [0.15, 0.2) is 0 Å². The maximum absolute atomic E-state index is 12.9. The van der Waals surface area contributed by atoms with Crippen molar-refractivity contribution in [3.8, 4) is 0 Å². The molecule has 1 heterocycles. The summed E-state index contributed by atoms with van der Waals surface area (Å²) in [5.74, 6) is -1.37. The van der Waals surface area contributed by atoms with Crippen molar-refractivity contribution in [3.05, 3.63) is 64.7 Å². The molecule has 0 saturated carbocycles. The summed E-state index contributed by atoms with van der Waals surface area (Å²) >= 11 is 6.10. The topological polar surface area (TPSA) is 92.8 Å². The van der Waals surface area contributed by atoms with Crippen LogP contribution in [-0.4, -0.2) is 44.8 Å². The molecule has 30 heavy (non-hydrogen) atoms. The molecule has 160 valence electrons. The zero-order valence-electron chi connectivity index (χ0n) is 16.5. The van der Waals surface area contributed by atoms with Gasteiger partial charge in [-0.3, -0.25) is 4.79 Å². The minimum atomic E-state index is -3.60. The van der Waals surface area contributed by atoms with Gasteiger partial charge in [-0.2, -0.15) is 0 Å². The van der Waals surface area contributed by atoms with Crippen molar-refractivity contribution in [2.75, 3.05) is 25.5 Å². The molecule has 3 rings (SSSR count). The molecule has 0 spiro atoms. The summed E-state index contributed by atoms with van der Waals surface area (Å²) < 4.78 is 31.7. The maximum atomic E-state index is 12.9. The Morgan fingerprint density at radius 3 is 2.53 bits per heavy atom. The fourth-order valence-electron chi connectivity index (χ4n) is 3.36. The van der Waals surface area contributed by atoms with E-state index in [-0.39, 0.29) is 18.2 Å². The van der Waals surface area contributed by atoms with Crippen molar-refractivity contribution in [3.63, 3.8) is 0 Å². The van der Waals surface area contributed by atoms with Crippen LogP contribution in [0.5, 0.6) is 0 Å². The number of hydrogen-bond acceptors (Lipinski definition) is 5. The molecule has 7 nitrogen and oxygen atoms in total. The Balaban J connectivity index is 1.64. The van der Waals surface area contributed by atoms with Crippen LogP contribution in [0.3, 0.4) is 0 Å². The van der Waals surface area contributed by atoms with E-state index in [4.69, 9.17) is 11.6 Å². The molecule has 1 fully saturated rings. The lowest BCUT2D eigenvalue weighted by Gasteiger charge is -2.31. The zero-order chi connectivity index (χ0) is 21.7. The van der Waals surface area contributed by atoms with Gasteiger partial charge in [0.2, 0.25) is 15.9 Å². The largest absolute Gasteiger partial charge is 0.465 e. The van der Waals surface area contributed by atoms with Gasteiger partial charge in [-0.15, -0.1) is 0 Å². The molecule has 1 aliphatic heterocycles. The van der Waals surface area contributed by atoms with E-state index in [0.717, 1.165) is 0 Å². The number of carbonyl (C=O) groups is 2. The highest BCUT2D eigenvalue weighted by Gasteiger charge is 2.32. The number of esters is 1. The first kappa shape index (κ1) is 22.3. The molecular weight excluding hydrogens is 428 g/mol. The molecule has 2 aromatic rings. The number of nitrogens with one attached hydrogen (secondary N) is 1. The summed E-state index contributed by atoms with van der Waals surface area (Å²) in [5.41, 5.74) is 1.45. The van der Waals surface area contributed by atoms with E-state index in [2.05, 4.69) is 10.1 Å². The molecule has 0 aliphatic carbocycles. The van der Waals surface area contributed by atoms with Crippen molar-refractivity contribution >= 4 is 39.2 Å². The van der Waals surface area contributed by atoms with E-state index >= 15 is 0 Å². The number of piperidine rings is 1. The van der Waals surface area contributed by atoms with Gasteiger partial charge in [0.05, 0.1) is 24.3 Å². The van der Waals surface area contributed by atoms with Gasteiger partial charge in [-0.25, -0.2) is 17.5 Å². The highest BCUT2D eigenvalue weighted by molar-refractivity contribution is 7.88. The molecule has 1 N–H and O–H groups in total. The SMILES string of the molecule is COC(=O)c1ccc(NC(=O)C2CCCN(S(=O)(=O)Cc3ccccc3Cl)C2)cc1. The van der Waals surface area contributed by atoms with Crippen molar-refractivity contribution in [1.29, 1.82) is 0 Å². The number of amides is 1. The van der Waals surface area contributed by atoms with Crippen molar-refractivity contribution in [2.45, 2.75) is 18.6 Å². The van der Waals surface area contributed by atoms with E-state index in [1.807, 2.05) is 0 Å². The normalized spacial score (nSPS) is 17.3. The number of carbonyl (C=O) groups excluding carboxylic acids is 2. The molecule has 0 aromatic heterocycles. The number of hydrogen-bond donors (Lipinski definition) is 1. The Labute approximate surface area is 181 Å². The second-order valence-electron chi connectivity index (χ2n) is 7.10. The standard InChI is InChI=1S/C21H23ClN2O5S/c1-29-21(26)15-8-10-18(11-9-15)23-20(25)16-6-4-12-24(13-16)30(27,28)14-17-5-2-3-7-19(17)22/h2-3,5,7-11,16H,4,6,12-14H2,1H3,(H,23,25). The van der Waals surface area contributed by atoms with Crippen LogP contribution in [0.1, 0.15) is 28.8 Å². The average Bonchev–Trinajstić information content (AvgIpc) is 2.75. The molecule has 1 unspecified atom stereocenters. The summed E-state index contributed by atoms with van der Waals surface area (Å²) in [4.78, 5) is 24.2. The minimum Gasteiger partial charge on any atom is -0.465 e. The van der Waals surface area contributed by atoms with Gasteiger partial charge in [0, 0.05) is 23.8 Å². The van der Waals surface area contributed by atoms with Crippen LogP contribution >= 0.6 is 11.6 Å². The quantitative estimate of drug-likeness (QED) is 0.681. The van der Waals surface area contributed by atoms with Crippen LogP contribution in [0.4, 0.5) is 5.69 Å². The van der Waals surface area contributed by atoms with Gasteiger partial charge in [-0.05, 0) is 48.7 Å². The van der Waals surface area contributed by atoms with Gasteiger partial charge in [-0.1, -0.05) is 29.8 Å². The first-order valence-electron chi connectivity index (χ1n) is 9.50. The molecule has 0 radical (unpaired) electrons. The van der Waals surface area contributed by atoms with Crippen LogP contribution in [0, 0.1) is 5.92 Å². The molecule has 1 atom stereocenters. The summed E-state index contributed by atoms with van der Waals surface area (Å²) in [5, 5.41) is 3.20. The predicted octanol–water partition coefficient (Wildman–Crippen LogP) is 3.31. The van der Waals surface area contributed by atoms with E-state index in [1.165, 1.54) is 11.4 Å². The Morgan fingerprint density at radius 1 is 1.17 bits per heavy atom. The highest BCUT2D eigenvalue weighted by atomic mass is 35.5. The number of ether oxygens (including phenoxy) is 1. The lowest BCUT2D eigenvalue weighted by Crippen LogP contribution is -2.44. The molecule has 1 saturated heterocycles. The number of rotatable bonds is 6. The van der Waals surface area contributed by atoms with Crippen LogP contribution in [0.15, 0.2) is 48.5 Å². The molecule has 2 aromatic carbocycles. The van der Waals surface area contributed by atoms with E-state index in [0.29, 0.717) is 41.2 Å². The molecule has 0 bridgehead atoms. The van der Waals surface area contributed by atoms with Crippen LogP contribution in [-0.2, 0) is 25.3 Å². The van der Waals surface area contributed by atoms with E-state index in [9.17, 15) is 18.0 Å². The van der Waals surface area contributed by atoms with Crippen LogP contribution < -0.4 is 5.32 Å². The number of halogens is 1. The highest BCUT2D eigenvalue weighted by Crippen LogP contribution is 2.25. The third-order valence-corrected chi connectivity index (χ3v) is 7.18. The third kappa shape index (κ3) is 5.38. The minimum absolute atomic E-state index is 0.124. The fourth-order valence-corrected chi connectivity index (χ4v) is 5.29. The summed E-state index contributed by atoms with van der Waals surface area (Å²) in [6, 6.07) is 13.2. The van der Waals surface area contributed by atoms with Gasteiger partial charge >= 0.3 is 5.97 Å². The fraction of sp³-hybridized carbons (Fsp3) is 0.333. The lowest BCUT2D eigenvalue weighted by molar-refractivity contribution is -0.120. The Morgan fingerprint density at radius 2 is 1.87 bits per heavy atom. The summed E-state index contributed by atoms with van der Waals surface area (Å²) in [7, 11) is -2.30. The van der Waals surface area contributed by atoms with Gasteiger partial charge < -0.3 is 10.1 Å². The molecule has 1 amide bonds.